The van der Waals surface area contributed by atoms with Crippen molar-refractivity contribution >= 4 is 21.9 Å². The summed E-state index contributed by atoms with van der Waals surface area (Å²) in [6.07, 6.45) is 4.32. The highest BCUT2D eigenvalue weighted by Crippen LogP contribution is 2.32. The maximum Gasteiger partial charge on any atom is 0.310 e. The fourth-order valence-electron chi connectivity index (χ4n) is 2.49. The summed E-state index contributed by atoms with van der Waals surface area (Å²) in [6, 6.07) is 7.47. The SMILES string of the molecule is O=C(O)C(COc1ccc(Br)cc1)C1CCCC1. The third-order valence-electron chi connectivity index (χ3n) is 3.53. The van der Waals surface area contributed by atoms with Crippen LogP contribution in [0.2, 0.25) is 0 Å². The summed E-state index contributed by atoms with van der Waals surface area (Å²) in [5.74, 6) is -0.115. The van der Waals surface area contributed by atoms with Gasteiger partial charge in [-0.15, -0.1) is 0 Å². The number of aliphatic carboxylic acids is 1. The predicted octanol–water partition coefficient (Wildman–Crippen LogP) is 3.72. The lowest BCUT2D eigenvalue weighted by Crippen LogP contribution is -2.28. The van der Waals surface area contributed by atoms with Gasteiger partial charge in [0.15, 0.2) is 0 Å². The average molecular weight is 313 g/mol. The van der Waals surface area contributed by atoms with Crippen molar-refractivity contribution in [2.75, 3.05) is 6.61 Å². The van der Waals surface area contributed by atoms with Crippen molar-refractivity contribution in [3.63, 3.8) is 0 Å². The van der Waals surface area contributed by atoms with Crippen LogP contribution < -0.4 is 4.74 Å². The fourth-order valence-corrected chi connectivity index (χ4v) is 2.75. The van der Waals surface area contributed by atoms with Crippen LogP contribution in [0.5, 0.6) is 5.75 Å². The first-order valence-electron chi connectivity index (χ1n) is 6.28. The van der Waals surface area contributed by atoms with Crippen molar-refractivity contribution < 1.29 is 14.6 Å². The number of rotatable bonds is 5. The molecule has 4 heteroatoms. The summed E-state index contributed by atoms with van der Waals surface area (Å²) in [5.41, 5.74) is 0. The summed E-state index contributed by atoms with van der Waals surface area (Å²) >= 11 is 3.35. The van der Waals surface area contributed by atoms with Crippen LogP contribution in [0, 0.1) is 11.8 Å². The number of carboxylic acid groups (broad SMARTS) is 1. The number of ether oxygens (including phenoxy) is 1. The molecule has 98 valence electrons. The number of hydrogen-bond donors (Lipinski definition) is 1. The number of halogens is 1. The van der Waals surface area contributed by atoms with E-state index in [4.69, 9.17) is 4.74 Å². The van der Waals surface area contributed by atoms with Crippen molar-refractivity contribution in [3.05, 3.63) is 28.7 Å². The van der Waals surface area contributed by atoms with Crippen LogP contribution in [0.1, 0.15) is 25.7 Å². The summed E-state index contributed by atoms with van der Waals surface area (Å²) in [7, 11) is 0. The Kier molecular flexibility index (Phi) is 4.64. The fraction of sp³-hybridized carbons (Fsp3) is 0.500. The highest BCUT2D eigenvalue weighted by atomic mass is 79.9. The molecule has 0 saturated heterocycles. The van der Waals surface area contributed by atoms with Crippen LogP contribution >= 0.6 is 15.9 Å². The zero-order chi connectivity index (χ0) is 13.0. The Bertz CT molecular complexity index is 396. The van der Waals surface area contributed by atoms with Crippen molar-refractivity contribution in [2.45, 2.75) is 25.7 Å². The van der Waals surface area contributed by atoms with E-state index in [2.05, 4.69) is 15.9 Å². The van der Waals surface area contributed by atoms with Gasteiger partial charge >= 0.3 is 5.97 Å². The van der Waals surface area contributed by atoms with Gasteiger partial charge in [-0.25, -0.2) is 0 Å². The molecule has 1 atom stereocenters. The summed E-state index contributed by atoms with van der Waals surface area (Å²) in [6.45, 7) is 0.266. The zero-order valence-electron chi connectivity index (χ0n) is 10.1. The van der Waals surface area contributed by atoms with Crippen LogP contribution in [0.15, 0.2) is 28.7 Å². The Morgan fingerprint density at radius 1 is 1.33 bits per heavy atom. The molecule has 0 radical (unpaired) electrons. The third-order valence-corrected chi connectivity index (χ3v) is 4.06. The molecular weight excluding hydrogens is 296 g/mol. The monoisotopic (exact) mass is 312 g/mol. The highest BCUT2D eigenvalue weighted by molar-refractivity contribution is 9.10. The molecule has 0 bridgehead atoms. The molecule has 0 aliphatic heterocycles. The molecule has 1 fully saturated rings. The molecule has 1 saturated carbocycles. The molecule has 1 aliphatic rings. The third kappa shape index (κ3) is 3.48. The number of carboxylic acids is 1. The molecule has 0 heterocycles. The van der Waals surface area contributed by atoms with E-state index in [0.717, 1.165) is 35.9 Å². The van der Waals surface area contributed by atoms with Crippen molar-refractivity contribution in [1.29, 1.82) is 0 Å². The molecule has 1 aliphatic carbocycles. The smallest absolute Gasteiger partial charge is 0.310 e. The predicted molar refractivity (Wildman–Crippen MR) is 72.7 cm³/mol. The van der Waals surface area contributed by atoms with E-state index in [9.17, 15) is 9.90 Å². The van der Waals surface area contributed by atoms with Crippen molar-refractivity contribution in [1.82, 2.24) is 0 Å². The van der Waals surface area contributed by atoms with Gasteiger partial charge in [0.25, 0.3) is 0 Å². The Labute approximate surface area is 115 Å². The van der Waals surface area contributed by atoms with E-state index in [-0.39, 0.29) is 18.4 Å². The van der Waals surface area contributed by atoms with Gasteiger partial charge in [0.2, 0.25) is 0 Å². The summed E-state index contributed by atoms with van der Waals surface area (Å²) < 4.78 is 6.58. The molecule has 1 unspecified atom stereocenters. The molecule has 0 aromatic heterocycles. The average Bonchev–Trinajstić information content (AvgIpc) is 2.85. The first-order chi connectivity index (χ1) is 8.66. The lowest BCUT2D eigenvalue weighted by atomic mass is 9.92. The molecule has 0 spiro atoms. The Balaban J connectivity index is 1.93. The second kappa shape index (κ2) is 6.23. The largest absolute Gasteiger partial charge is 0.493 e. The second-order valence-corrected chi connectivity index (χ2v) is 5.67. The molecule has 0 amide bonds. The first kappa shape index (κ1) is 13.4. The van der Waals surface area contributed by atoms with Gasteiger partial charge < -0.3 is 9.84 Å². The molecule has 18 heavy (non-hydrogen) atoms. The second-order valence-electron chi connectivity index (χ2n) is 4.75. The summed E-state index contributed by atoms with van der Waals surface area (Å²) in [5, 5.41) is 9.27. The van der Waals surface area contributed by atoms with Crippen LogP contribution in [-0.4, -0.2) is 17.7 Å². The van der Waals surface area contributed by atoms with Gasteiger partial charge in [0.1, 0.15) is 12.4 Å². The molecule has 2 rings (SSSR count). The quantitative estimate of drug-likeness (QED) is 0.901. The number of benzene rings is 1. The zero-order valence-corrected chi connectivity index (χ0v) is 11.7. The van der Waals surface area contributed by atoms with Crippen molar-refractivity contribution in [2.24, 2.45) is 11.8 Å². The molecule has 3 nitrogen and oxygen atoms in total. The summed E-state index contributed by atoms with van der Waals surface area (Å²) in [4.78, 5) is 11.3. The molecular formula is C14H17BrO3. The number of hydrogen-bond acceptors (Lipinski definition) is 2. The van der Waals surface area contributed by atoms with Gasteiger partial charge in [-0.2, -0.15) is 0 Å². The Hall–Kier alpha value is -1.03. The minimum Gasteiger partial charge on any atom is -0.493 e. The van der Waals surface area contributed by atoms with E-state index in [1.807, 2.05) is 24.3 Å². The van der Waals surface area contributed by atoms with Gasteiger partial charge in [0.05, 0.1) is 5.92 Å². The highest BCUT2D eigenvalue weighted by Gasteiger charge is 2.31. The van der Waals surface area contributed by atoms with Crippen LogP contribution in [0.3, 0.4) is 0 Å². The molecule has 1 N–H and O–H groups in total. The minimum absolute atomic E-state index is 0.266. The first-order valence-corrected chi connectivity index (χ1v) is 7.07. The normalized spacial score (nSPS) is 17.6. The maximum absolute atomic E-state index is 11.3. The topological polar surface area (TPSA) is 46.5 Å². The Morgan fingerprint density at radius 3 is 2.50 bits per heavy atom. The van der Waals surface area contributed by atoms with Gasteiger partial charge in [-0.05, 0) is 43.0 Å². The Morgan fingerprint density at radius 2 is 1.94 bits per heavy atom. The van der Waals surface area contributed by atoms with Crippen LogP contribution in [0.4, 0.5) is 0 Å². The van der Waals surface area contributed by atoms with E-state index < -0.39 is 5.97 Å². The van der Waals surface area contributed by atoms with E-state index in [1.54, 1.807) is 0 Å². The van der Waals surface area contributed by atoms with Crippen LogP contribution in [-0.2, 0) is 4.79 Å². The van der Waals surface area contributed by atoms with Crippen molar-refractivity contribution in [3.8, 4) is 5.75 Å². The lowest BCUT2D eigenvalue weighted by Gasteiger charge is -2.19. The van der Waals surface area contributed by atoms with Gasteiger partial charge in [-0.1, -0.05) is 28.8 Å². The maximum atomic E-state index is 11.3. The molecule has 1 aromatic rings. The number of carbonyl (C=O) groups is 1. The van der Waals surface area contributed by atoms with Gasteiger partial charge in [0, 0.05) is 4.47 Å². The standard InChI is InChI=1S/C14H17BrO3/c15-11-5-7-12(8-6-11)18-9-13(14(16)17)10-3-1-2-4-10/h5-8,10,13H,1-4,9H2,(H,16,17). The lowest BCUT2D eigenvalue weighted by molar-refractivity contribution is -0.144. The van der Waals surface area contributed by atoms with E-state index in [0.29, 0.717) is 0 Å². The minimum atomic E-state index is -0.737. The van der Waals surface area contributed by atoms with E-state index >= 15 is 0 Å². The van der Waals surface area contributed by atoms with Crippen LogP contribution in [0.25, 0.3) is 0 Å². The van der Waals surface area contributed by atoms with Gasteiger partial charge in [-0.3, -0.25) is 4.79 Å². The van der Waals surface area contributed by atoms with E-state index in [1.165, 1.54) is 0 Å². The molecule has 1 aromatic carbocycles.